The van der Waals surface area contributed by atoms with Crippen LogP contribution in [0.25, 0.3) is 0 Å². The van der Waals surface area contributed by atoms with Crippen molar-refractivity contribution in [2.45, 2.75) is 6.42 Å². The summed E-state index contributed by atoms with van der Waals surface area (Å²) in [5.74, 6) is -0.0839. The highest BCUT2D eigenvalue weighted by Crippen LogP contribution is 2.25. The first-order chi connectivity index (χ1) is 5.25. The Bertz CT molecular complexity index is 306. The molecule has 0 amide bonds. The van der Waals surface area contributed by atoms with E-state index in [4.69, 9.17) is 22.0 Å². The van der Waals surface area contributed by atoms with Gasteiger partial charge in [0.25, 0.3) is 0 Å². The maximum absolute atomic E-state index is 9.02. The second-order valence-corrected chi connectivity index (χ2v) is 2.34. The van der Waals surface area contributed by atoms with E-state index in [1.54, 1.807) is 0 Å². The summed E-state index contributed by atoms with van der Waals surface area (Å²) in [6.07, 6.45) is 2.87. The highest BCUT2D eigenvalue weighted by atomic mass is 35.5. The predicted molar refractivity (Wildman–Crippen MR) is 40.2 cm³/mol. The quantitative estimate of drug-likeness (QED) is 0.692. The molecule has 0 bridgehead atoms. The van der Waals surface area contributed by atoms with Crippen molar-refractivity contribution in [2.24, 2.45) is 0 Å². The Balaban J connectivity index is 3.08. The van der Waals surface area contributed by atoms with Gasteiger partial charge in [0.1, 0.15) is 0 Å². The van der Waals surface area contributed by atoms with Crippen LogP contribution in [0.15, 0.2) is 12.4 Å². The number of hydrogen-bond donors (Lipinski definition) is 1. The fourth-order valence-corrected chi connectivity index (χ4v) is 0.849. The summed E-state index contributed by atoms with van der Waals surface area (Å²) in [5.41, 5.74) is 0.550. The van der Waals surface area contributed by atoms with Crippen molar-refractivity contribution in [3.8, 4) is 11.8 Å². The van der Waals surface area contributed by atoms with Crippen LogP contribution in [0.1, 0.15) is 5.56 Å². The van der Waals surface area contributed by atoms with E-state index in [2.05, 4.69) is 4.98 Å². The lowest BCUT2D eigenvalue weighted by Crippen LogP contribution is -1.85. The molecule has 0 saturated carbocycles. The molecule has 0 aliphatic carbocycles. The Hall–Kier alpha value is -1.27. The van der Waals surface area contributed by atoms with Crippen LogP contribution < -0.4 is 0 Å². The molecule has 0 radical (unpaired) electrons. The van der Waals surface area contributed by atoms with Crippen LogP contribution in [-0.4, -0.2) is 10.1 Å². The first-order valence-corrected chi connectivity index (χ1v) is 3.32. The van der Waals surface area contributed by atoms with Gasteiger partial charge >= 0.3 is 0 Å². The number of pyridine rings is 1. The van der Waals surface area contributed by atoms with Gasteiger partial charge in [-0.2, -0.15) is 5.26 Å². The normalized spacial score (nSPS) is 9.09. The average Bonchev–Trinajstić information content (AvgIpc) is 1.99. The summed E-state index contributed by atoms with van der Waals surface area (Å²) in [5, 5.41) is 17.5. The molecule has 1 heterocycles. The van der Waals surface area contributed by atoms with E-state index in [1.807, 2.05) is 6.07 Å². The van der Waals surface area contributed by atoms with Gasteiger partial charge in [-0.15, -0.1) is 0 Å². The molecule has 0 saturated heterocycles. The van der Waals surface area contributed by atoms with Crippen molar-refractivity contribution in [1.29, 1.82) is 5.26 Å². The second-order valence-electron chi connectivity index (χ2n) is 1.97. The summed E-state index contributed by atoms with van der Waals surface area (Å²) in [7, 11) is 0. The standard InChI is InChI=1S/C7H5ClN2O/c8-7-5(1-2-9)3-10-4-6(7)11/h3-4,11H,1H2. The zero-order valence-electron chi connectivity index (χ0n) is 5.58. The van der Waals surface area contributed by atoms with Gasteiger partial charge in [-0.05, 0) is 0 Å². The van der Waals surface area contributed by atoms with Crippen LogP contribution in [0, 0.1) is 11.3 Å². The van der Waals surface area contributed by atoms with Crippen LogP contribution in [0.4, 0.5) is 0 Å². The summed E-state index contributed by atoms with van der Waals surface area (Å²) in [6.45, 7) is 0. The van der Waals surface area contributed by atoms with Crippen molar-refractivity contribution in [1.82, 2.24) is 4.98 Å². The molecule has 0 spiro atoms. The Kier molecular flexibility index (Phi) is 2.29. The Morgan fingerprint density at radius 1 is 1.64 bits per heavy atom. The molecule has 0 atom stereocenters. The van der Waals surface area contributed by atoms with E-state index in [0.717, 1.165) is 0 Å². The number of halogens is 1. The van der Waals surface area contributed by atoms with E-state index in [-0.39, 0.29) is 17.2 Å². The van der Waals surface area contributed by atoms with E-state index in [9.17, 15) is 0 Å². The van der Waals surface area contributed by atoms with E-state index < -0.39 is 0 Å². The van der Waals surface area contributed by atoms with Crippen LogP contribution in [0.2, 0.25) is 5.02 Å². The molecule has 11 heavy (non-hydrogen) atoms. The monoisotopic (exact) mass is 168 g/mol. The smallest absolute Gasteiger partial charge is 0.152 e. The third-order valence-electron chi connectivity index (χ3n) is 1.20. The van der Waals surface area contributed by atoms with Crippen molar-refractivity contribution in [2.75, 3.05) is 0 Å². The summed E-state index contributed by atoms with van der Waals surface area (Å²) < 4.78 is 0. The predicted octanol–water partition coefficient (Wildman–Crippen LogP) is 1.51. The topological polar surface area (TPSA) is 56.9 Å². The first kappa shape index (κ1) is 7.83. The molecule has 1 rings (SSSR count). The number of nitrogens with zero attached hydrogens (tertiary/aromatic N) is 2. The fraction of sp³-hybridized carbons (Fsp3) is 0.143. The van der Waals surface area contributed by atoms with Gasteiger partial charge in [0, 0.05) is 11.8 Å². The van der Waals surface area contributed by atoms with E-state index in [0.29, 0.717) is 5.56 Å². The van der Waals surface area contributed by atoms with Crippen molar-refractivity contribution < 1.29 is 5.11 Å². The summed E-state index contributed by atoms with van der Waals surface area (Å²) in [4.78, 5) is 3.68. The highest BCUT2D eigenvalue weighted by molar-refractivity contribution is 6.32. The minimum absolute atomic E-state index is 0.0839. The molecule has 1 N–H and O–H groups in total. The average molecular weight is 169 g/mol. The molecule has 56 valence electrons. The van der Waals surface area contributed by atoms with Gasteiger partial charge in [-0.25, -0.2) is 0 Å². The minimum Gasteiger partial charge on any atom is -0.505 e. The minimum atomic E-state index is -0.0839. The number of aromatic hydroxyl groups is 1. The van der Waals surface area contributed by atoms with Gasteiger partial charge in [-0.3, -0.25) is 4.98 Å². The Labute approximate surface area is 68.9 Å². The Morgan fingerprint density at radius 2 is 2.36 bits per heavy atom. The van der Waals surface area contributed by atoms with Gasteiger partial charge in [0.05, 0.1) is 23.7 Å². The third-order valence-corrected chi connectivity index (χ3v) is 1.64. The molecule has 0 fully saturated rings. The van der Waals surface area contributed by atoms with Crippen LogP contribution in [-0.2, 0) is 6.42 Å². The SMILES string of the molecule is N#CCc1cncc(O)c1Cl. The summed E-state index contributed by atoms with van der Waals surface area (Å²) >= 11 is 5.63. The lowest BCUT2D eigenvalue weighted by atomic mass is 10.2. The number of aromatic nitrogens is 1. The maximum atomic E-state index is 9.02. The molecule has 0 unspecified atom stereocenters. The molecule has 3 nitrogen and oxygen atoms in total. The fourth-order valence-electron chi connectivity index (χ4n) is 0.684. The van der Waals surface area contributed by atoms with Crippen molar-refractivity contribution >= 4 is 11.6 Å². The molecule has 4 heteroatoms. The van der Waals surface area contributed by atoms with Gasteiger partial charge < -0.3 is 5.11 Å². The molecule has 0 aliphatic rings. The number of rotatable bonds is 1. The lowest BCUT2D eigenvalue weighted by molar-refractivity contribution is 0.472. The molecular formula is C7H5ClN2O. The summed E-state index contributed by atoms with van der Waals surface area (Å²) in [6, 6.07) is 1.92. The van der Waals surface area contributed by atoms with E-state index >= 15 is 0 Å². The van der Waals surface area contributed by atoms with Crippen LogP contribution >= 0.6 is 11.6 Å². The Morgan fingerprint density at radius 3 is 3.00 bits per heavy atom. The second kappa shape index (κ2) is 3.22. The lowest BCUT2D eigenvalue weighted by Gasteiger charge is -1.98. The zero-order chi connectivity index (χ0) is 8.27. The molecular weight excluding hydrogens is 164 g/mol. The van der Waals surface area contributed by atoms with Crippen molar-refractivity contribution in [3.05, 3.63) is 23.0 Å². The number of nitriles is 1. The largest absolute Gasteiger partial charge is 0.505 e. The van der Waals surface area contributed by atoms with Gasteiger partial charge in [-0.1, -0.05) is 11.6 Å². The van der Waals surface area contributed by atoms with E-state index in [1.165, 1.54) is 12.4 Å². The first-order valence-electron chi connectivity index (χ1n) is 2.94. The van der Waals surface area contributed by atoms with Crippen LogP contribution in [0.5, 0.6) is 5.75 Å². The molecule has 1 aromatic rings. The third kappa shape index (κ3) is 1.60. The van der Waals surface area contributed by atoms with Gasteiger partial charge in [0.2, 0.25) is 0 Å². The van der Waals surface area contributed by atoms with Crippen molar-refractivity contribution in [3.63, 3.8) is 0 Å². The molecule has 0 aromatic carbocycles. The maximum Gasteiger partial charge on any atom is 0.152 e. The molecule has 0 aliphatic heterocycles. The van der Waals surface area contributed by atoms with Crippen LogP contribution in [0.3, 0.4) is 0 Å². The number of hydrogen-bond acceptors (Lipinski definition) is 3. The molecule has 1 aromatic heterocycles. The van der Waals surface area contributed by atoms with Gasteiger partial charge in [0.15, 0.2) is 5.75 Å². The zero-order valence-corrected chi connectivity index (χ0v) is 6.34. The highest BCUT2D eigenvalue weighted by Gasteiger charge is 2.03.